The Morgan fingerprint density at radius 2 is 2.09 bits per heavy atom. The minimum absolute atomic E-state index is 0.287. The van der Waals surface area contributed by atoms with E-state index in [1.165, 1.54) is 5.56 Å². The van der Waals surface area contributed by atoms with Gasteiger partial charge in [-0.1, -0.05) is 11.2 Å². The maximum Gasteiger partial charge on any atom is 0.236 e. The van der Waals surface area contributed by atoms with E-state index < -0.39 is 0 Å². The van der Waals surface area contributed by atoms with Gasteiger partial charge in [-0.25, -0.2) is 0 Å². The summed E-state index contributed by atoms with van der Waals surface area (Å²) in [5.74, 6) is 1.98. The molecule has 4 aromatic heterocycles. The summed E-state index contributed by atoms with van der Waals surface area (Å²) in [5.41, 5.74) is 4.26. The highest BCUT2D eigenvalue weighted by Gasteiger charge is 2.29. The second-order valence-electron chi connectivity index (χ2n) is 8.24. The van der Waals surface area contributed by atoms with Gasteiger partial charge in [-0.15, -0.1) is 15.3 Å². The minimum atomic E-state index is 0.287. The molecule has 0 amide bonds. The maximum absolute atomic E-state index is 5.98. The minimum Gasteiger partial charge on any atom is -0.493 e. The lowest BCUT2D eigenvalue weighted by atomic mass is 10.0. The van der Waals surface area contributed by atoms with Crippen LogP contribution in [0.25, 0.3) is 17.2 Å². The Hall–Kier alpha value is -3.57. The molecular formula is C22H23N7O4. The molecule has 6 rings (SSSR count). The molecule has 2 aliphatic heterocycles. The van der Waals surface area contributed by atoms with Gasteiger partial charge in [0.05, 0.1) is 32.1 Å². The Bertz CT molecular complexity index is 1310. The molecule has 0 radical (unpaired) electrons. The number of ether oxygens (including phenoxy) is 3. The molecule has 0 aromatic carbocycles. The summed E-state index contributed by atoms with van der Waals surface area (Å²) in [7, 11) is 1.57. The quantitative estimate of drug-likeness (QED) is 0.432. The molecule has 6 heterocycles. The standard InChI is InChI=1S/C22H23N7O4/c1-13-7-18(27-33-13)21-24-25-22-19(30-2)8-20(26-29(21)22)32-10-15-4-3-14-9-28(16-11-31-12-16)6-5-17(14)23-15/h3-4,7-8,16H,5-6,9-12H2,1-2H3. The monoisotopic (exact) mass is 449 g/mol. The van der Waals surface area contributed by atoms with E-state index in [1.807, 2.05) is 13.0 Å². The highest BCUT2D eigenvalue weighted by molar-refractivity contribution is 5.60. The number of nitrogens with zero attached hydrogens (tertiary/aromatic N) is 7. The Morgan fingerprint density at radius 1 is 1.18 bits per heavy atom. The van der Waals surface area contributed by atoms with Gasteiger partial charge in [0.15, 0.2) is 11.4 Å². The summed E-state index contributed by atoms with van der Waals surface area (Å²) in [5, 5.41) is 16.9. The average molecular weight is 449 g/mol. The fraction of sp³-hybridized carbons (Fsp3) is 0.409. The Morgan fingerprint density at radius 3 is 2.85 bits per heavy atom. The summed E-state index contributed by atoms with van der Waals surface area (Å²) in [6.45, 7) is 5.69. The second-order valence-corrected chi connectivity index (χ2v) is 8.24. The smallest absolute Gasteiger partial charge is 0.236 e. The van der Waals surface area contributed by atoms with E-state index in [0.717, 1.165) is 44.1 Å². The first kappa shape index (κ1) is 20.1. The van der Waals surface area contributed by atoms with Crippen LogP contribution in [-0.4, -0.2) is 67.8 Å². The van der Waals surface area contributed by atoms with Crippen LogP contribution in [0.1, 0.15) is 22.7 Å². The number of rotatable bonds is 6. The van der Waals surface area contributed by atoms with Crippen molar-refractivity contribution in [3.05, 3.63) is 47.0 Å². The van der Waals surface area contributed by atoms with Crippen molar-refractivity contribution in [2.24, 2.45) is 0 Å². The average Bonchev–Trinajstić information content (AvgIpc) is 3.41. The zero-order valence-electron chi connectivity index (χ0n) is 18.4. The Balaban J connectivity index is 1.22. The predicted octanol–water partition coefficient (Wildman–Crippen LogP) is 1.83. The van der Waals surface area contributed by atoms with Crippen LogP contribution in [0.15, 0.2) is 28.8 Å². The normalized spacial score (nSPS) is 16.5. The van der Waals surface area contributed by atoms with Crippen molar-refractivity contribution in [1.82, 2.24) is 34.9 Å². The van der Waals surface area contributed by atoms with Crippen LogP contribution in [0.5, 0.6) is 11.6 Å². The molecule has 0 saturated carbocycles. The third kappa shape index (κ3) is 3.68. The van der Waals surface area contributed by atoms with Crippen LogP contribution >= 0.6 is 0 Å². The molecule has 0 unspecified atom stereocenters. The number of fused-ring (bicyclic) bond motifs is 2. The van der Waals surface area contributed by atoms with Crippen molar-refractivity contribution >= 4 is 5.65 Å². The highest BCUT2D eigenvalue weighted by atomic mass is 16.5. The molecule has 4 aromatic rings. The van der Waals surface area contributed by atoms with Gasteiger partial charge >= 0.3 is 0 Å². The fourth-order valence-corrected chi connectivity index (χ4v) is 4.14. The van der Waals surface area contributed by atoms with E-state index in [0.29, 0.717) is 40.6 Å². The van der Waals surface area contributed by atoms with Gasteiger partial charge in [-0.05, 0) is 18.6 Å². The van der Waals surface area contributed by atoms with Gasteiger partial charge < -0.3 is 18.7 Å². The lowest BCUT2D eigenvalue weighted by Gasteiger charge is -2.39. The Kier molecular flexibility index (Phi) is 4.92. The maximum atomic E-state index is 5.98. The molecule has 11 nitrogen and oxygen atoms in total. The summed E-state index contributed by atoms with van der Waals surface area (Å²) < 4.78 is 23.5. The van der Waals surface area contributed by atoms with Gasteiger partial charge in [0.1, 0.15) is 12.4 Å². The fourth-order valence-electron chi connectivity index (χ4n) is 4.14. The summed E-state index contributed by atoms with van der Waals surface area (Å²) in [6, 6.07) is 8.17. The second kappa shape index (κ2) is 8.09. The molecule has 1 fully saturated rings. The summed E-state index contributed by atoms with van der Waals surface area (Å²) >= 11 is 0. The van der Waals surface area contributed by atoms with Crippen LogP contribution in [0.4, 0.5) is 0 Å². The third-order valence-electron chi connectivity index (χ3n) is 6.03. The van der Waals surface area contributed by atoms with Gasteiger partial charge in [0.2, 0.25) is 17.4 Å². The summed E-state index contributed by atoms with van der Waals surface area (Å²) in [4.78, 5) is 7.31. The van der Waals surface area contributed by atoms with Crippen LogP contribution in [-0.2, 0) is 24.3 Å². The van der Waals surface area contributed by atoms with Gasteiger partial charge in [-0.2, -0.15) is 4.52 Å². The van der Waals surface area contributed by atoms with Crippen molar-refractivity contribution in [3.63, 3.8) is 0 Å². The Labute approximate surface area is 189 Å². The molecule has 0 spiro atoms. The number of aromatic nitrogens is 6. The molecule has 1 saturated heterocycles. The number of aryl methyl sites for hydroxylation is 1. The highest BCUT2D eigenvalue weighted by Crippen LogP contribution is 2.27. The molecule has 33 heavy (non-hydrogen) atoms. The molecule has 0 N–H and O–H groups in total. The van der Waals surface area contributed by atoms with Crippen molar-refractivity contribution in [3.8, 4) is 23.1 Å². The van der Waals surface area contributed by atoms with E-state index >= 15 is 0 Å². The molecule has 2 aliphatic rings. The van der Waals surface area contributed by atoms with Crippen molar-refractivity contribution in [1.29, 1.82) is 0 Å². The van der Waals surface area contributed by atoms with Crippen LogP contribution in [0.3, 0.4) is 0 Å². The molecule has 0 atom stereocenters. The van der Waals surface area contributed by atoms with Gasteiger partial charge in [-0.3, -0.25) is 9.88 Å². The zero-order valence-corrected chi connectivity index (χ0v) is 18.4. The van der Waals surface area contributed by atoms with E-state index in [9.17, 15) is 0 Å². The SMILES string of the molecule is COc1cc(OCc2ccc3c(n2)CCN(C2COC2)C3)nn2c(-c3cc(C)on3)nnc12. The third-order valence-corrected chi connectivity index (χ3v) is 6.03. The van der Waals surface area contributed by atoms with Crippen LogP contribution in [0, 0.1) is 6.92 Å². The zero-order chi connectivity index (χ0) is 22.4. The topological polar surface area (TPSA) is 113 Å². The van der Waals surface area contributed by atoms with Crippen molar-refractivity contribution < 1.29 is 18.7 Å². The van der Waals surface area contributed by atoms with E-state index in [-0.39, 0.29) is 6.61 Å². The van der Waals surface area contributed by atoms with Crippen LogP contribution < -0.4 is 9.47 Å². The van der Waals surface area contributed by atoms with Gasteiger partial charge in [0, 0.05) is 37.3 Å². The van der Waals surface area contributed by atoms with Crippen molar-refractivity contribution in [2.75, 3.05) is 26.9 Å². The predicted molar refractivity (Wildman–Crippen MR) is 115 cm³/mol. The largest absolute Gasteiger partial charge is 0.493 e. The molecule has 170 valence electrons. The number of pyridine rings is 1. The first-order valence-electron chi connectivity index (χ1n) is 10.8. The number of methoxy groups -OCH3 is 1. The van der Waals surface area contributed by atoms with E-state index in [4.69, 9.17) is 23.7 Å². The van der Waals surface area contributed by atoms with E-state index in [1.54, 1.807) is 23.8 Å². The molecule has 0 bridgehead atoms. The molecular weight excluding hydrogens is 426 g/mol. The first-order chi connectivity index (χ1) is 16.2. The van der Waals surface area contributed by atoms with E-state index in [2.05, 4.69) is 31.4 Å². The lowest BCUT2D eigenvalue weighted by molar-refractivity contribution is -0.0696. The van der Waals surface area contributed by atoms with Crippen LogP contribution in [0.2, 0.25) is 0 Å². The summed E-state index contributed by atoms with van der Waals surface area (Å²) in [6.07, 6.45) is 0.929. The van der Waals surface area contributed by atoms with Gasteiger partial charge in [0.25, 0.3) is 0 Å². The van der Waals surface area contributed by atoms with Crippen molar-refractivity contribution in [2.45, 2.75) is 32.5 Å². The number of hydrogen-bond donors (Lipinski definition) is 0. The lowest BCUT2D eigenvalue weighted by Crippen LogP contribution is -2.50. The first-order valence-corrected chi connectivity index (χ1v) is 10.8. The number of hydrogen-bond acceptors (Lipinski definition) is 10. The molecule has 11 heteroatoms. The molecule has 0 aliphatic carbocycles.